The molecule has 35 heavy (non-hydrogen) atoms. The Bertz CT molecular complexity index is 1200. The summed E-state index contributed by atoms with van der Waals surface area (Å²) in [7, 11) is 0. The average molecular weight is 497 g/mol. The molecule has 1 fully saturated rings. The molecule has 8 nitrogen and oxygen atoms in total. The van der Waals surface area contributed by atoms with Gasteiger partial charge in [-0.05, 0) is 61.6 Å². The zero-order valence-electron chi connectivity index (χ0n) is 19.9. The second-order valence-corrected chi connectivity index (χ2v) is 10.2. The topological polar surface area (TPSA) is 118 Å². The fourth-order valence-corrected chi connectivity index (χ4v) is 5.55. The van der Waals surface area contributed by atoms with E-state index in [1.807, 2.05) is 6.07 Å². The van der Waals surface area contributed by atoms with E-state index in [0.29, 0.717) is 28.2 Å². The molecule has 1 saturated heterocycles. The number of carbonyl (C=O) groups excluding carboxylic acids is 2. The van der Waals surface area contributed by atoms with E-state index in [1.165, 1.54) is 30.7 Å². The van der Waals surface area contributed by atoms with Crippen LogP contribution in [0.3, 0.4) is 0 Å². The van der Waals surface area contributed by atoms with Crippen LogP contribution in [0, 0.1) is 17.7 Å². The Morgan fingerprint density at radius 2 is 1.80 bits per heavy atom. The maximum atomic E-state index is 13.5. The molecular formula is C25H29FN6O2S. The van der Waals surface area contributed by atoms with Gasteiger partial charge in [0.25, 0.3) is 0 Å². The van der Waals surface area contributed by atoms with E-state index in [4.69, 9.17) is 11.5 Å². The smallest absolute Gasteiger partial charge is 0.240 e. The number of thiazole rings is 1. The first kappa shape index (κ1) is 24.6. The Hall–Kier alpha value is -3.53. The Balaban J connectivity index is 1.61. The van der Waals surface area contributed by atoms with Gasteiger partial charge in [-0.3, -0.25) is 9.59 Å². The van der Waals surface area contributed by atoms with Gasteiger partial charge in [0.1, 0.15) is 28.4 Å². The number of aromatic nitrogens is 2. The molecule has 3 aromatic rings. The van der Waals surface area contributed by atoms with E-state index >= 15 is 0 Å². The molecule has 1 aliphatic heterocycles. The summed E-state index contributed by atoms with van der Waals surface area (Å²) in [5.41, 5.74) is 12.6. The molecule has 4 N–H and O–H groups in total. The lowest BCUT2D eigenvalue weighted by Gasteiger charge is -2.35. The van der Waals surface area contributed by atoms with Gasteiger partial charge in [0.2, 0.25) is 11.7 Å². The number of benzene rings is 1. The van der Waals surface area contributed by atoms with E-state index in [0.717, 1.165) is 30.2 Å². The summed E-state index contributed by atoms with van der Waals surface area (Å²) in [5, 5.41) is 0.310. The first-order valence-electron chi connectivity index (χ1n) is 11.5. The lowest BCUT2D eigenvalue weighted by Crippen LogP contribution is -2.39. The third-order valence-corrected chi connectivity index (χ3v) is 7.23. The van der Waals surface area contributed by atoms with Crippen LogP contribution in [0.25, 0.3) is 0 Å². The highest BCUT2D eigenvalue weighted by Gasteiger charge is 2.28. The number of amides is 1. The number of rotatable bonds is 7. The molecule has 1 aliphatic rings. The van der Waals surface area contributed by atoms with Crippen molar-refractivity contribution in [1.82, 2.24) is 9.97 Å². The molecular weight excluding hydrogens is 467 g/mol. The van der Waals surface area contributed by atoms with Crippen LogP contribution in [-0.4, -0.2) is 40.8 Å². The quantitative estimate of drug-likeness (QED) is 0.475. The van der Waals surface area contributed by atoms with Crippen molar-refractivity contribution in [2.24, 2.45) is 17.6 Å². The van der Waals surface area contributed by atoms with Crippen LogP contribution in [0.2, 0.25) is 0 Å². The minimum absolute atomic E-state index is 0.0431. The van der Waals surface area contributed by atoms with Gasteiger partial charge in [0, 0.05) is 30.5 Å². The number of hydrogen-bond donors (Lipinski definition) is 2. The fourth-order valence-electron chi connectivity index (χ4n) is 4.50. The second-order valence-electron chi connectivity index (χ2n) is 9.22. The molecule has 3 atom stereocenters. The van der Waals surface area contributed by atoms with Gasteiger partial charge in [0.05, 0.1) is 0 Å². The van der Waals surface area contributed by atoms with Crippen molar-refractivity contribution < 1.29 is 14.0 Å². The number of primary amides is 1. The standard InChI is InChI=1S/C25H29FN6O2S/c1-14-10-15(2)13-31(12-14)20-9-4-17(11-29-20)21(33)22-23(27)30-25(35-22)32(16(3)24(28)34)19-7-5-18(26)6-8-19/h4-9,11,14-16H,10,12-13,27H2,1-3H3,(H2,28,34). The van der Waals surface area contributed by atoms with Gasteiger partial charge in [-0.25, -0.2) is 14.4 Å². The van der Waals surface area contributed by atoms with Crippen molar-refractivity contribution in [2.45, 2.75) is 33.2 Å². The third-order valence-electron chi connectivity index (χ3n) is 6.16. The van der Waals surface area contributed by atoms with Crippen LogP contribution in [0.4, 0.5) is 26.8 Å². The van der Waals surface area contributed by atoms with Crippen LogP contribution < -0.4 is 21.3 Å². The highest BCUT2D eigenvalue weighted by molar-refractivity contribution is 7.18. The predicted molar refractivity (Wildman–Crippen MR) is 137 cm³/mol. The van der Waals surface area contributed by atoms with Crippen molar-refractivity contribution in [3.8, 4) is 0 Å². The zero-order valence-corrected chi connectivity index (χ0v) is 20.8. The largest absolute Gasteiger partial charge is 0.382 e. The number of carbonyl (C=O) groups is 2. The molecule has 0 spiro atoms. The minimum atomic E-state index is -0.802. The van der Waals surface area contributed by atoms with Gasteiger partial charge in [-0.15, -0.1) is 0 Å². The molecule has 0 aliphatic carbocycles. The van der Waals surface area contributed by atoms with Gasteiger partial charge in [-0.1, -0.05) is 25.2 Å². The number of nitrogens with two attached hydrogens (primary N) is 2. The first-order chi connectivity index (χ1) is 16.6. The number of pyridine rings is 1. The first-order valence-corrected chi connectivity index (χ1v) is 12.3. The number of halogens is 1. The normalized spacial score (nSPS) is 18.8. The molecule has 1 aromatic carbocycles. The molecule has 10 heteroatoms. The van der Waals surface area contributed by atoms with E-state index < -0.39 is 17.8 Å². The van der Waals surface area contributed by atoms with Crippen molar-refractivity contribution in [3.63, 3.8) is 0 Å². The summed E-state index contributed by atoms with van der Waals surface area (Å²) >= 11 is 1.05. The van der Waals surface area contributed by atoms with Crippen molar-refractivity contribution in [3.05, 3.63) is 58.9 Å². The number of ketones is 1. The third kappa shape index (κ3) is 5.27. The average Bonchev–Trinajstić information content (AvgIpc) is 3.20. The van der Waals surface area contributed by atoms with Gasteiger partial charge in [0.15, 0.2) is 5.13 Å². The van der Waals surface area contributed by atoms with E-state index in [9.17, 15) is 14.0 Å². The molecule has 0 radical (unpaired) electrons. The van der Waals surface area contributed by atoms with Crippen LogP contribution in [-0.2, 0) is 4.79 Å². The van der Waals surface area contributed by atoms with Crippen molar-refractivity contribution >= 4 is 45.5 Å². The lowest BCUT2D eigenvalue weighted by atomic mass is 9.92. The number of nitrogens with zero attached hydrogens (tertiary/aromatic N) is 4. The van der Waals surface area contributed by atoms with Crippen LogP contribution in [0.5, 0.6) is 0 Å². The van der Waals surface area contributed by atoms with Crippen LogP contribution in [0.15, 0.2) is 42.6 Å². The minimum Gasteiger partial charge on any atom is -0.382 e. The maximum Gasteiger partial charge on any atom is 0.240 e. The SMILES string of the molecule is CC1CC(C)CN(c2ccc(C(=O)c3sc(N(c4ccc(F)cc4)C(C)C(N)=O)nc3N)cn2)C1. The fraction of sp³-hybridized carbons (Fsp3) is 0.360. The van der Waals surface area contributed by atoms with E-state index in [2.05, 4.69) is 28.7 Å². The molecule has 0 saturated carbocycles. The summed E-state index contributed by atoms with van der Waals surface area (Å²) in [6.07, 6.45) is 2.76. The van der Waals surface area contributed by atoms with Crippen molar-refractivity contribution in [1.29, 1.82) is 0 Å². The Morgan fingerprint density at radius 1 is 1.14 bits per heavy atom. The molecule has 3 heterocycles. The van der Waals surface area contributed by atoms with Gasteiger partial charge >= 0.3 is 0 Å². The number of hydrogen-bond acceptors (Lipinski definition) is 8. The highest BCUT2D eigenvalue weighted by Crippen LogP contribution is 2.36. The van der Waals surface area contributed by atoms with Crippen molar-refractivity contribution in [2.75, 3.05) is 28.6 Å². The predicted octanol–water partition coefficient (Wildman–Crippen LogP) is 3.98. The highest BCUT2D eigenvalue weighted by atomic mass is 32.1. The molecule has 1 amide bonds. The summed E-state index contributed by atoms with van der Waals surface area (Å²) in [6, 6.07) is 8.38. The molecule has 3 unspecified atom stereocenters. The number of anilines is 4. The Labute approximate surface area is 207 Å². The summed E-state index contributed by atoms with van der Waals surface area (Å²) in [4.78, 5) is 38.1. The summed E-state index contributed by atoms with van der Waals surface area (Å²) < 4.78 is 13.5. The number of piperidine rings is 1. The second kappa shape index (κ2) is 9.99. The van der Waals surface area contributed by atoms with E-state index in [-0.39, 0.29) is 16.5 Å². The molecule has 184 valence electrons. The summed E-state index contributed by atoms with van der Waals surface area (Å²) in [6.45, 7) is 7.95. The lowest BCUT2D eigenvalue weighted by molar-refractivity contribution is -0.118. The monoisotopic (exact) mass is 496 g/mol. The van der Waals surface area contributed by atoms with Crippen LogP contribution in [0.1, 0.15) is 42.4 Å². The Morgan fingerprint density at radius 3 is 2.37 bits per heavy atom. The van der Waals surface area contributed by atoms with Gasteiger partial charge < -0.3 is 21.3 Å². The molecule has 0 bridgehead atoms. The molecule has 2 aromatic heterocycles. The van der Waals surface area contributed by atoms with E-state index in [1.54, 1.807) is 24.1 Å². The summed E-state index contributed by atoms with van der Waals surface area (Å²) in [5.74, 6) is 0.735. The Kier molecular flexibility index (Phi) is 7.02. The maximum absolute atomic E-state index is 13.5. The number of nitrogen functional groups attached to an aromatic ring is 1. The van der Waals surface area contributed by atoms with Crippen LogP contribution >= 0.6 is 11.3 Å². The molecule has 4 rings (SSSR count). The zero-order chi connectivity index (χ0) is 25.3. The van der Waals surface area contributed by atoms with Gasteiger partial charge in [-0.2, -0.15) is 0 Å².